The summed E-state index contributed by atoms with van der Waals surface area (Å²) in [6, 6.07) is 8.23. The average Bonchev–Trinajstić information content (AvgIpc) is 2.43. The molecule has 0 bridgehead atoms. The van der Waals surface area contributed by atoms with Crippen molar-refractivity contribution in [2.75, 3.05) is 26.4 Å². The van der Waals surface area contributed by atoms with Crippen molar-refractivity contribution in [1.82, 2.24) is 10.3 Å². The first kappa shape index (κ1) is 13.0. The SMILES string of the molecule is OCCOCCNCc1cncc2ccccc12. The summed E-state index contributed by atoms with van der Waals surface area (Å²) in [7, 11) is 0. The Kier molecular flexibility index (Phi) is 5.08. The molecule has 0 fully saturated rings. The normalized spacial score (nSPS) is 10.9. The van der Waals surface area contributed by atoms with Crippen molar-refractivity contribution in [3.63, 3.8) is 0 Å². The second-order valence-electron chi connectivity index (χ2n) is 4.03. The molecule has 0 aliphatic rings. The Morgan fingerprint density at radius 1 is 1.17 bits per heavy atom. The summed E-state index contributed by atoms with van der Waals surface area (Å²) < 4.78 is 5.18. The lowest BCUT2D eigenvalue weighted by molar-refractivity contribution is 0.0938. The van der Waals surface area contributed by atoms with E-state index in [0.717, 1.165) is 18.5 Å². The Morgan fingerprint density at radius 2 is 2.06 bits per heavy atom. The van der Waals surface area contributed by atoms with E-state index < -0.39 is 0 Å². The molecule has 2 aromatic rings. The minimum atomic E-state index is 0.0766. The van der Waals surface area contributed by atoms with Gasteiger partial charge >= 0.3 is 0 Å². The van der Waals surface area contributed by atoms with Crippen LogP contribution in [0.5, 0.6) is 0 Å². The number of aliphatic hydroxyl groups excluding tert-OH is 1. The zero-order valence-corrected chi connectivity index (χ0v) is 10.3. The van der Waals surface area contributed by atoms with Gasteiger partial charge < -0.3 is 15.2 Å². The van der Waals surface area contributed by atoms with Gasteiger partial charge in [0.15, 0.2) is 0 Å². The van der Waals surface area contributed by atoms with E-state index in [0.29, 0.717) is 13.2 Å². The molecular formula is C14H18N2O2. The van der Waals surface area contributed by atoms with Gasteiger partial charge in [0.05, 0.1) is 19.8 Å². The average molecular weight is 246 g/mol. The summed E-state index contributed by atoms with van der Waals surface area (Å²) in [4.78, 5) is 4.24. The first-order valence-electron chi connectivity index (χ1n) is 6.13. The molecule has 0 radical (unpaired) electrons. The number of nitrogens with one attached hydrogen (secondary N) is 1. The highest BCUT2D eigenvalue weighted by atomic mass is 16.5. The van der Waals surface area contributed by atoms with Gasteiger partial charge in [0.2, 0.25) is 0 Å². The third-order valence-electron chi connectivity index (χ3n) is 2.72. The maximum Gasteiger partial charge on any atom is 0.0698 e. The Balaban J connectivity index is 1.88. The van der Waals surface area contributed by atoms with Crippen LogP contribution in [0.4, 0.5) is 0 Å². The van der Waals surface area contributed by atoms with Gasteiger partial charge in [-0.25, -0.2) is 0 Å². The fourth-order valence-corrected chi connectivity index (χ4v) is 1.85. The summed E-state index contributed by atoms with van der Waals surface area (Å²) >= 11 is 0. The van der Waals surface area contributed by atoms with Crippen LogP contribution in [-0.4, -0.2) is 36.5 Å². The highest BCUT2D eigenvalue weighted by molar-refractivity contribution is 5.84. The number of hydrogen-bond acceptors (Lipinski definition) is 4. The molecule has 4 heteroatoms. The van der Waals surface area contributed by atoms with E-state index in [-0.39, 0.29) is 6.61 Å². The number of ether oxygens (including phenoxy) is 1. The standard InChI is InChI=1S/C14H18N2O2/c17-6-8-18-7-5-15-10-13-11-16-9-12-3-1-2-4-14(12)13/h1-4,9,11,15,17H,5-8,10H2. The molecule has 1 aromatic carbocycles. The molecule has 0 amide bonds. The van der Waals surface area contributed by atoms with Crippen LogP contribution in [0.25, 0.3) is 10.8 Å². The molecule has 0 atom stereocenters. The van der Waals surface area contributed by atoms with Crippen molar-refractivity contribution in [2.24, 2.45) is 0 Å². The number of nitrogens with zero attached hydrogens (tertiary/aromatic N) is 1. The van der Waals surface area contributed by atoms with Crippen LogP contribution >= 0.6 is 0 Å². The van der Waals surface area contributed by atoms with E-state index >= 15 is 0 Å². The van der Waals surface area contributed by atoms with E-state index in [1.807, 2.05) is 24.5 Å². The molecule has 4 nitrogen and oxygen atoms in total. The van der Waals surface area contributed by atoms with Crippen molar-refractivity contribution in [2.45, 2.75) is 6.54 Å². The largest absolute Gasteiger partial charge is 0.394 e. The lowest BCUT2D eigenvalue weighted by Crippen LogP contribution is -2.20. The monoisotopic (exact) mass is 246 g/mol. The predicted molar refractivity (Wildman–Crippen MR) is 71.4 cm³/mol. The van der Waals surface area contributed by atoms with Gasteiger partial charge in [-0.3, -0.25) is 4.98 Å². The minimum Gasteiger partial charge on any atom is -0.394 e. The first-order valence-corrected chi connectivity index (χ1v) is 6.13. The van der Waals surface area contributed by atoms with Crippen LogP contribution in [-0.2, 0) is 11.3 Å². The number of benzene rings is 1. The van der Waals surface area contributed by atoms with E-state index in [2.05, 4.69) is 22.4 Å². The Morgan fingerprint density at radius 3 is 2.94 bits per heavy atom. The molecule has 96 valence electrons. The summed E-state index contributed by atoms with van der Waals surface area (Å²) in [5.41, 5.74) is 1.19. The zero-order chi connectivity index (χ0) is 12.6. The predicted octanol–water partition coefficient (Wildman–Crippen LogP) is 1.33. The lowest BCUT2D eigenvalue weighted by Gasteiger charge is -2.08. The summed E-state index contributed by atoms with van der Waals surface area (Å²) in [6.45, 7) is 2.63. The number of fused-ring (bicyclic) bond motifs is 1. The van der Waals surface area contributed by atoms with Gasteiger partial charge in [-0.2, -0.15) is 0 Å². The first-order chi connectivity index (χ1) is 8.92. The molecule has 2 N–H and O–H groups in total. The molecule has 0 unspecified atom stereocenters. The van der Waals surface area contributed by atoms with Gasteiger partial charge in [0.25, 0.3) is 0 Å². The second kappa shape index (κ2) is 7.06. The highest BCUT2D eigenvalue weighted by Crippen LogP contribution is 2.16. The van der Waals surface area contributed by atoms with Crippen LogP contribution in [0.15, 0.2) is 36.7 Å². The van der Waals surface area contributed by atoms with Crippen LogP contribution < -0.4 is 5.32 Å². The van der Waals surface area contributed by atoms with Crippen LogP contribution in [0, 0.1) is 0 Å². The molecule has 0 aliphatic carbocycles. The van der Waals surface area contributed by atoms with Crippen molar-refractivity contribution in [3.8, 4) is 0 Å². The van der Waals surface area contributed by atoms with E-state index in [9.17, 15) is 0 Å². The van der Waals surface area contributed by atoms with Crippen LogP contribution in [0.3, 0.4) is 0 Å². The quantitative estimate of drug-likeness (QED) is 0.724. The Bertz CT molecular complexity index is 483. The van der Waals surface area contributed by atoms with Crippen molar-refractivity contribution < 1.29 is 9.84 Å². The molecular weight excluding hydrogens is 228 g/mol. The van der Waals surface area contributed by atoms with Gasteiger partial charge in [-0.15, -0.1) is 0 Å². The fraction of sp³-hybridized carbons (Fsp3) is 0.357. The summed E-state index contributed by atoms with van der Waals surface area (Å²) in [5.74, 6) is 0. The molecule has 0 saturated carbocycles. The van der Waals surface area contributed by atoms with Gasteiger partial charge in [0, 0.05) is 30.9 Å². The number of aliphatic hydroxyl groups is 1. The van der Waals surface area contributed by atoms with Gasteiger partial charge in [-0.1, -0.05) is 24.3 Å². The molecule has 1 heterocycles. The van der Waals surface area contributed by atoms with Crippen LogP contribution in [0.1, 0.15) is 5.56 Å². The third-order valence-corrected chi connectivity index (χ3v) is 2.72. The molecule has 1 aromatic heterocycles. The molecule has 2 rings (SSSR count). The van der Waals surface area contributed by atoms with Crippen molar-refractivity contribution in [3.05, 3.63) is 42.2 Å². The lowest BCUT2D eigenvalue weighted by atomic mass is 10.1. The zero-order valence-electron chi connectivity index (χ0n) is 10.3. The topological polar surface area (TPSA) is 54.4 Å². The third kappa shape index (κ3) is 3.50. The highest BCUT2D eigenvalue weighted by Gasteiger charge is 2.00. The maximum atomic E-state index is 8.57. The molecule has 18 heavy (non-hydrogen) atoms. The summed E-state index contributed by atoms with van der Waals surface area (Å²) in [5, 5.41) is 14.3. The molecule has 0 saturated heterocycles. The van der Waals surface area contributed by atoms with Crippen molar-refractivity contribution in [1.29, 1.82) is 0 Å². The van der Waals surface area contributed by atoms with E-state index in [1.165, 1.54) is 10.9 Å². The fourth-order valence-electron chi connectivity index (χ4n) is 1.85. The van der Waals surface area contributed by atoms with Crippen LogP contribution in [0.2, 0.25) is 0 Å². The number of aromatic nitrogens is 1. The van der Waals surface area contributed by atoms with E-state index in [4.69, 9.17) is 9.84 Å². The maximum absolute atomic E-state index is 8.57. The second-order valence-corrected chi connectivity index (χ2v) is 4.03. The van der Waals surface area contributed by atoms with Crippen molar-refractivity contribution >= 4 is 10.8 Å². The molecule has 0 aliphatic heterocycles. The molecule has 0 spiro atoms. The number of rotatable bonds is 7. The minimum absolute atomic E-state index is 0.0766. The smallest absolute Gasteiger partial charge is 0.0698 e. The number of hydrogen-bond donors (Lipinski definition) is 2. The van der Waals surface area contributed by atoms with Gasteiger partial charge in [-0.05, 0) is 10.9 Å². The number of pyridine rings is 1. The Labute approximate surface area is 107 Å². The van der Waals surface area contributed by atoms with E-state index in [1.54, 1.807) is 0 Å². The Hall–Kier alpha value is -1.49. The summed E-state index contributed by atoms with van der Waals surface area (Å²) in [6.07, 6.45) is 3.77. The van der Waals surface area contributed by atoms with Gasteiger partial charge in [0.1, 0.15) is 0 Å².